The van der Waals surface area contributed by atoms with Gasteiger partial charge in [0.15, 0.2) is 0 Å². The number of thiazole rings is 1. The average molecular weight is 224 g/mol. The van der Waals surface area contributed by atoms with Crippen LogP contribution in [0.15, 0.2) is 11.7 Å². The molecule has 0 atom stereocenters. The van der Waals surface area contributed by atoms with Crippen molar-refractivity contribution in [2.75, 3.05) is 7.11 Å². The Hall–Kier alpha value is -1.76. The van der Waals surface area contributed by atoms with E-state index in [2.05, 4.69) is 19.8 Å². The molecular weight excluding hydrogens is 216 g/mol. The van der Waals surface area contributed by atoms with Gasteiger partial charge in [0.1, 0.15) is 6.33 Å². The van der Waals surface area contributed by atoms with Gasteiger partial charge >= 0.3 is 5.97 Å². The highest BCUT2D eigenvalue weighted by molar-refractivity contribution is 7.12. The Kier molecular flexibility index (Phi) is 2.46. The van der Waals surface area contributed by atoms with Crippen molar-refractivity contribution in [2.45, 2.75) is 6.92 Å². The number of carbonyl (C=O) groups is 1. The maximum atomic E-state index is 11.1. The fourth-order valence-corrected chi connectivity index (χ4v) is 1.71. The van der Waals surface area contributed by atoms with Crippen LogP contribution in [-0.4, -0.2) is 32.8 Å². The molecule has 0 spiro atoms. The van der Waals surface area contributed by atoms with Crippen LogP contribution < -0.4 is 0 Å². The second kappa shape index (κ2) is 3.77. The normalized spacial score (nSPS) is 10.3. The maximum absolute atomic E-state index is 11.1. The minimum atomic E-state index is -0.554. The van der Waals surface area contributed by atoms with Crippen LogP contribution in [0.3, 0.4) is 0 Å². The van der Waals surface area contributed by atoms with E-state index in [-0.39, 0.29) is 5.82 Å². The summed E-state index contributed by atoms with van der Waals surface area (Å²) in [7, 11) is 1.29. The van der Waals surface area contributed by atoms with Crippen LogP contribution >= 0.6 is 11.3 Å². The number of nitrogens with zero attached hydrogens (tertiary/aromatic N) is 4. The second-order valence-corrected chi connectivity index (χ2v) is 3.61. The van der Waals surface area contributed by atoms with E-state index >= 15 is 0 Å². The smallest absolute Gasteiger partial charge is 0.377 e. The van der Waals surface area contributed by atoms with Crippen LogP contribution in [0.5, 0.6) is 0 Å². The Morgan fingerprint density at radius 3 is 3.00 bits per heavy atom. The number of methoxy groups -OCH3 is 1. The number of rotatable bonds is 2. The summed E-state index contributed by atoms with van der Waals surface area (Å²) in [5.74, 6) is -0.521. The van der Waals surface area contributed by atoms with E-state index in [1.54, 1.807) is 0 Å². The molecule has 0 bridgehead atoms. The van der Waals surface area contributed by atoms with Gasteiger partial charge in [-0.15, -0.1) is 16.4 Å². The summed E-state index contributed by atoms with van der Waals surface area (Å²) in [5, 5.41) is 6.52. The highest BCUT2D eigenvalue weighted by atomic mass is 32.1. The van der Waals surface area contributed by atoms with Crippen LogP contribution in [-0.2, 0) is 4.74 Å². The van der Waals surface area contributed by atoms with Crippen molar-refractivity contribution in [3.05, 3.63) is 23.2 Å². The number of aromatic nitrogens is 4. The average Bonchev–Trinajstić information content (AvgIpc) is 2.84. The molecule has 2 heterocycles. The van der Waals surface area contributed by atoms with E-state index in [1.807, 2.05) is 12.3 Å². The van der Waals surface area contributed by atoms with Crippen LogP contribution in [0, 0.1) is 6.92 Å². The fraction of sp³-hybridized carbons (Fsp3) is 0.250. The molecule has 0 saturated heterocycles. The van der Waals surface area contributed by atoms with Crippen molar-refractivity contribution in [3.63, 3.8) is 0 Å². The van der Waals surface area contributed by atoms with Crippen molar-refractivity contribution in [1.82, 2.24) is 19.7 Å². The third-order valence-electron chi connectivity index (χ3n) is 1.66. The summed E-state index contributed by atoms with van der Waals surface area (Å²) >= 11 is 1.43. The molecule has 0 aromatic carbocycles. The Balaban J connectivity index is 2.31. The van der Waals surface area contributed by atoms with Crippen molar-refractivity contribution in [2.24, 2.45) is 0 Å². The van der Waals surface area contributed by atoms with Gasteiger partial charge in [0, 0.05) is 5.38 Å². The van der Waals surface area contributed by atoms with E-state index in [4.69, 9.17) is 0 Å². The van der Waals surface area contributed by atoms with Gasteiger partial charge in [-0.3, -0.25) is 0 Å². The lowest BCUT2D eigenvalue weighted by atomic mass is 10.6. The Morgan fingerprint density at radius 1 is 1.60 bits per heavy atom. The van der Waals surface area contributed by atoms with E-state index in [0.29, 0.717) is 5.13 Å². The molecule has 0 aliphatic carbocycles. The van der Waals surface area contributed by atoms with E-state index < -0.39 is 5.97 Å². The predicted octanol–water partition coefficient (Wildman–Crippen LogP) is 0.819. The molecule has 2 rings (SSSR count). The molecule has 15 heavy (non-hydrogen) atoms. The van der Waals surface area contributed by atoms with Crippen LogP contribution in [0.25, 0.3) is 5.13 Å². The summed E-state index contributed by atoms with van der Waals surface area (Å²) in [4.78, 5) is 19.1. The monoisotopic (exact) mass is 224 g/mol. The minimum Gasteiger partial charge on any atom is -0.463 e. The number of ether oxygens (including phenoxy) is 1. The molecular formula is C8H8N4O2S. The summed E-state index contributed by atoms with van der Waals surface area (Å²) in [6.07, 6.45) is 1.44. The molecule has 0 unspecified atom stereocenters. The first-order valence-corrected chi connectivity index (χ1v) is 5.01. The first kappa shape index (κ1) is 9.78. The van der Waals surface area contributed by atoms with Crippen molar-refractivity contribution < 1.29 is 9.53 Å². The third kappa shape index (κ3) is 1.86. The lowest BCUT2D eigenvalue weighted by Crippen LogP contribution is -2.05. The fourth-order valence-electron chi connectivity index (χ4n) is 0.987. The lowest BCUT2D eigenvalue weighted by Gasteiger charge is -1.92. The van der Waals surface area contributed by atoms with Gasteiger partial charge in [-0.05, 0) is 6.92 Å². The van der Waals surface area contributed by atoms with Crippen LogP contribution in [0.2, 0.25) is 0 Å². The van der Waals surface area contributed by atoms with Crippen LogP contribution in [0.1, 0.15) is 16.3 Å². The largest absolute Gasteiger partial charge is 0.463 e. The molecule has 0 N–H and O–H groups in total. The van der Waals surface area contributed by atoms with E-state index in [1.165, 1.54) is 29.5 Å². The number of hydrogen-bond donors (Lipinski definition) is 0. The molecule has 2 aromatic heterocycles. The molecule has 0 saturated carbocycles. The summed E-state index contributed by atoms with van der Waals surface area (Å²) in [5.41, 5.74) is 0.908. The van der Waals surface area contributed by atoms with Crippen molar-refractivity contribution >= 4 is 17.3 Å². The van der Waals surface area contributed by atoms with Gasteiger partial charge in [-0.1, -0.05) is 0 Å². The van der Waals surface area contributed by atoms with Gasteiger partial charge < -0.3 is 4.74 Å². The third-order valence-corrected chi connectivity index (χ3v) is 2.61. The quantitative estimate of drug-likeness (QED) is 0.706. The number of hydrogen-bond acceptors (Lipinski definition) is 6. The first-order chi connectivity index (χ1) is 7.20. The van der Waals surface area contributed by atoms with E-state index in [9.17, 15) is 4.79 Å². The Labute approximate surface area is 89.5 Å². The van der Waals surface area contributed by atoms with E-state index in [0.717, 1.165) is 5.69 Å². The van der Waals surface area contributed by atoms with Crippen molar-refractivity contribution in [1.29, 1.82) is 0 Å². The Bertz CT molecular complexity index is 490. The topological polar surface area (TPSA) is 69.9 Å². The number of carbonyl (C=O) groups excluding carboxylic acids is 1. The zero-order valence-corrected chi connectivity index (χ0v) is 8.98. The maximum Gasteiger partial charge on any atom is 0.377 e. The van der Waals surface area contributed by atoms with Crippen molar-refractivity contribution in [3.8, 4) is 5.13 Å². The SMILES string of the molecule is COC(=O)c1ncn(-c2nc(C)cs2)n1. The zero-order valence-electron chi connectivity index (χ0n) is 8.17. The van der Waals surface area contributed by atoms with Gasteiger partial charge in [0.2, 0.25) is 5.13 Å². The van der Waals surface area contributed by atoms with Gasteiger partial charge in [-0.25, -0.2) is 14.8 Å². The molecule has 0 aliphatic heterocycles. The molecule has 6 nitrogen and oxygen atoms in total. The lowest BCUT2D eigenvalue weighted by molar-refractivity contribution is 0.0587. The van der Waals surface area contributed by atoms with Gasteiger partial charge in [0.05, 0.1) is 12.8 Å². The molecule has 2 aromatic rings. The highest BCUT2D eigenvalue weighted by Crippen LogP contribution is 2.12. The van der Waals surface area contributed by atoms with Crippen LogP contribution in [0.4, 0.5) is 0 Å². The molecule has 0 radical (unpaired) electrons. The second-order valence-electron chi connectivity index (χ2n) is 2.78. The summed E-state index contributed by atoms with van der Waals surface area (Å²) < 4.78 is 5.94. The zero-order chi connectivity index (χ0) is 10.8. The predicted molar refractivity (Wildman–Crippen MR) is 53.1 cm³/mol. The number of esters is 1. The molecule has 0 amide bonds. The van der Waals surface area contributed by atoms with Gasteiger partial charge in [0.25, 0.3) is 5.82 Å². The minimum absolute atomic E-state index is 0.0327. The molecule has 7 heteroatoms. The molecule has 78 valence electrons. The summed E-state index contributed by atoms with van der Waals surface area (Å²) in [6, 6.07) is 0. The summed E-state index contributed by atoms with van der Waals surface area (Å²) in [6.45, 7) is 1.89. The molecule has 0 aliphatic rings. The number of aryl methyl sites for hydroxylation is 1. The highest BCUT2D eigenvalue weighted by Gasteiger charge is 2.12. The Morgan fingerprint density at radius 2 is 2.40 bits per heavy atom. The molecule has 0 fully saturated rings. The standard InChI is InChI=1S/C8H8N4O2S/c1-5-3-15-8(10-5)12-4-9-6(11-12)7(13)14-2/h3-4H,1-2H3. The first-order valence-electron chi connectivity index (χ1n) is 4.13. The van der Waals surface area contributed by atoms with Gasteiger partial charge in [-0.2, -0.15) is 4.68 Å².